The molecule has 0 bridgehead atoms. The number of ether oxygens (including phenoxy) is 1. The highest BCUT2D eigenvalue weighted by Crippen LogP contribution is 2.42. The molecule has 0 spiro atoms. The van der Waals surface area contributed by atoms with Crippen molar-refractivity contribution in [1.82, 2.24) is 10.1 Å². The van der Waals surface area contributed by atoms with Crippen LogP contribution in [0, 0.1) is 0 Å². The van der Waals surface area contributed by atoms with Crippen molar-refractivity contribution in [2.45, 2.75) is 16.7 Å². The van der Waals surface area contributed by atoms with Crippen molar-refractivity contribution in [3.63, 3.8) is 0 Å². The minimum absolute atomic E-state index is 0.0241. The van der Waals surface area contributed by atoms with Crippen molar-refractivity contribution in [3.05, 3.63) is 72.3 Å². The number of anilines is 1. The molecule has 3 aromatic carbocycles. The predicted octanol–water partition coefficient (Wildman–Crippen LogP) is 5.54. The third-order valence-electron chi connectivity index (χ3n) is 5.06. The Morgan fingerprint density at radius 2 is 1.77 bits per heavy atom. The third kappa shape index (κ3) is 3.47. The van der Waals surface area contributed by atoms with Gasteiger partial charge in [0.05, 0.1) is 23.4 Å². The van der Waals surface area contributed by atoms with Gasteiger partial charge in [-0.3, -0.25) is 4.79 Å². The molecule has 0 saturated heterocycles. The number of amides is 1. The lowest BCUT2D eigenvalue weighted by atomic mass is 10.1. The highest BCUT2D eigenvalue weighted by atomic mass is 32.2. The largest absolute Gasteiger partial charge is 0.493 e. The van der Waals surface area contributed by atoms with Crippen molar-refractivity contribution in [2.24, 2.45) is 0 Å². The third-order valence-corrected chi connectivity index (χ3v) is 6.19. The van der Waals surface area contributed by atoms with E-state index in [0.29, 0.717) is 29.6 Å². The molecule has 1 aromatic heterocycles. The zero-order chi connectivity index (χ0) is 21.4. The van der Waals surface area contributed by atoms with Crippen molar-refractivity contribution in [2.75, 3.05) is 18.6 Å². The summed E-state index contributed by atoms with van der Waals surface area (Å²) in [5, 5.41) is 4.18. The molecule has 1 aliphatic heterocycles. The second-order valence-electron chi connectivity index (χ2n) is 7.00. The van der Waals surface area contributed by atoms with E-state index < -0.39 is 0 Å². The summed E-state index contributed by atoms with van der Waals surface area (Å²) in [6.07, 6.45) is 0. The topological polar surface area (TPSA) is 68.5 Å². The average molecular weight is 430 g/mol. The van der Waals surface area contributed by atoms with Gasteiger partial charge in [-0.2, -0.15) is 4.98 Å². The highest BCUT2D eigenvalue weighted by Gasteiger charge is 2.25. The summed E-state index contributed by atoms with van der Waals surface area (Å²) < 4.78 is 11.2. The minimum Gasteiger partial charge on any atom is -0.493 e. The normalized spacial score (nSPS) is 12.8. The molecule has 5 rings (SSSR count). The van der Waals surface area contributed by atoms with Crippen LogP contribution >= 0.6 is 11.8 Å². The number of hydrogen-bond acceptors (Lipinski definition) is 6. The molecule has 4 aromatic rings. The maximum atomic E-state index is 12.9. The summed E-state index contributed by atoms with van der Waals surface area (Å²) in [4.78, 5) is 21.0. The Hall–Kier alpha value is -3.58. The number of fused-ring (bicyclic) bond motifs is 2. The maximum absolute atomic E-state index is 12.9. The Kier molecular flexibility index (Phi) is 4.95. The molecule has 31 heavy (non-hydrogen) atoms. The summed E-state index contributed by atoms with van der Waals surface area (Å²) in [5.41, 5.74) is 3.12. The first-order valence-electron chi connectivity index (χ1n) is 9.91. The second kappa shape index (κ2) is 7.92. The summed E-state index contributed by atoms with van der Waals surface area (Å²) in [6, 6.07) is 21.1. The number of hydrogen-bond donors (Lipinski definition) is 0. The van der Waals surface area contributed by atoms with Crippen LogP contribution in [0.2, 0.25) is 0 Å². The molecule has 1 aliphatic rings. The van der Waals surface area contributed by atoms with Crippen LogP contribution in [0.1, 0.15) is 17.3 Å². The number of carbonyl (C=O) groups is 1. The average Bonchev–Trinajstić information content (AvgIpc) is 3.26. The molecule has 0 unspecified atom stereocenters. The standard InChI is InChI=1S/C24H19N3O3S/c1-3-29-19-10-6-4-8-16(19)23-25-22(26-30-23)15-12-13-18-21(14-15)31-20-11-7-5-9-17(20)24(28)27(18)2/h4-14H,3H2,1-2H3. The maximum Gasteiger partial charge on any atom is 0.262 e. The number of benzene rings is 3. The fourth-order valence-electron chi connectivity index (χ4n) is 3.53. The van der Waals surface area contributed by atoms with Gasteiger partial charge < -0.3 is 14.2 Å². The van der Waals surface area contributed by atoms with Crippen LogP contribution in [0.15, 0.2) is 81.0 Å². The van der Waals surface area contributed by atoms with E-state index in [1.807, 2.05) is 73.7 Å². The quantitative estimate of drug-likeness (QED) is 0.424. The van der Waals surface area contributed by atoms with Crippen LogP contribution in [0.5, 0.6) is 5.75 Å². The Balaban J connectivity index is 1.54. The van der Waals surface area contributed by atoms with Crippen molar-refractivity contribution in [1.29, 1.82) is 0 Å². The Morgan fingerprint density at radius 3 is 2.61 bits per heavy atom. The van der Waals surface area contributed by atoms with Gasteiger partial charge in [-0.25, -0.2) is 0 Å². The molecule has 7 heteroatoms. The van der Waals surface area contributed by atoms with Gasteiger partial charge in [-0.1, -0.05) is 41.2 Å². The number of nitrogens with zero attached hydrogens (tertiary/aromatic N) is 3. The number of carbonyl (C=O) groups excluding carboxylic acids is 1. The predicted molar refractivity (Wildman–Crippen MR) is 120 cm³/mol. The molecule has 154 valence electrons. The zero-order valence-corrected chi connectivity index (χ0v) is 17.8. The van der Waals surface area contributed by atoms with Crippen LogP contribution in [0.25, 0.3) is 22.8 Å². The van der Waals surface area contributed by atoms with E-state index in [2.05, 4.69) is 10.1 Å². The van der Waals surface area contributed by atoms with Gasteiger partial charge in [0, 0.05) is 22.4 Å². The first-order chi connectivity index (χ1) is 15.2. The van der Waals surface area contributed by atoms with E-state index in [9.17, 15) is 4.79 Å². The molecular weight excluding hydrogens is 410 g/mol. The van der Waals surface area contributed by atoms with Gasteiger partial charge >= 0.3 is 0 Å². The summed E-state index contributed by atoms with van der Waals surface area (Å²) >= 11 is 1.56. The molecule has 0 atom stereocenters. The number of para-hydroxylation sites is 1. The molecular formula is C24H19N3O3S. The summed E-state index contributed by atoms with van der Waals surface area (Å²) in [6.45, 7) is 2.48. The molecule has 2 heterocycles. The molecule has 0 aliphatic carbocycles. The molecule has 1 amide bonds. The van der Waals surface area contributed by atoms with Gasteiger partial charge in [-0.15, -0.1) is 0 Å². The van der Waals surface area contributed by atoms with Crippen LogP contribution in [0.3, 0.4) is 0 Å². The lowest BCUT2D eigenvalue weighted by Gasteiger charge is -2.17. The van der Waals surface area contributed by atoms with E-state index >= 15 is 0 Å². The monoisotopic (exact) mass is 429 g/mol. The van der Waals surface area contributed by atoms with Crippen LogP contribution in [0.4, 0.5) is 5.69 Å². The van der Waals surface area contributed by atoms with Gasteiger partial charge in [0.1, 0.15) is 5.75 Å². The van der Waals surface area contributed by atoms with Gasteiger partial charge in [0.2, 0.25) is 5.82 Å². The van der Waals surface area contributed by atoms with E-state index in [4.69, 9.17) is 9.26 Å². The molecule has 0 saturated carbocycles. The van der Waals surface area contributed by atoms with Crippen molar-refractivity contribution < 1.29 is 14.1 Å². The Labute approximate surface area is 183 Å². The number of aromatic nitrogens is 2. The smallest absolute Gasteiger partial charge is 0.262 e. The van der Waals surface area contributed by atoms with Crippen LogP contribution in [-0.2, 0) is 0 Å². The molecule has 6 nitrogen and oxygen atoms in total. The van der Waals surface area contributed by atoms with E-state index in [1.54, 1.807) is 23.7 Å². The van der Waals surface area contributed by atoms with Crippen LogP contribution < -0.4 is 9.64 Å². The fourth-order valence-corrected chi connectivity index (χ4v) is 4.67. The fraction of sp³-hybridized carbons (Fsp3) is 0.125. The van der Waals surface area contributed by atoms with Crippen LogP contribution in [-0.4, -0.2) is 29.7 Å². The lowest BCUT2D eigenvalue weighted by molar-refractivity contribution is 0.0990. The Bertz CT molecular complexity index is 1280. The second-order valence-corrected chi connectivity index (χ2v) is 8.08. The van der Waals surface area contributed by atoms with Gasteiger partial charge in [0.25, 0.3) is 11.8 Å². The first-order valence-corrected chi connectivity index (χ1v) is 10.7. The summed E-state index contributed by atoms with van der Waals surface area (Å²) in [5.74, 6) is 1.56. The van der Waals surface area contributed by atoms with Crippen molar-refractivity contribution in [3.8, 4) is 28.6 Å². The SMILES string of the molecule is CCOc1ccccc1-c1nc(-c2ccc3c(c2)Sc2ccccc2C(=O)N3C)no1. The van der Waals surface area contributed by atoms with E-state index in [-0.39, 0.29) is 5.91 Å². The van der Waals surface area contributed by atoms with E-state index in [0.717, 1.165) is 26.6 Å². The Morgan fingerprint density at radius 1 is 1.00 bits per heavy atom. The molecule has 0 radical (unpaired) electrons. The van der Waals surface area contributed by atoms with E-state index in [1.165, 1.54) is 0 Å². The lowest BCUT2D eigenvalue weighted by Crippen LogP contribution is -2.25. The highest BCUT2D eigenvalue weighted by molar-refractivity contribution is 7.99. The summed E-state index contributed by atoms with van der Waals surface area (Å²) in [7, 11) is 1.79. The zero-order valence-electron chi connectivity index (χ0n) is 17.0. The van der Waals surface area contributed by atoms with Gasteiger partial charge in [-0.05, 0) is 49.4 Å². The molecule has 0 fully saturated rings. The minimum atomic E-state index is -0.0241. The number of rotatable bonds is 4. The van der Waals surface area contributed by atoms with Crippen molar-refractivity contribution >= 4 is 23.4 Å². The van der Waals surface area contributed by atoms with Gasteiger partial charge in [0.15, 0.2) is 0 Å². The molecule has 0 N–H and O–H groups in total. The first kappa shape index (κ1) is 19.4.